The summed E-state index contributed by atoms with van der Waals surface area (Å²) in [5.41, 5.74) is 0.799. The Bertz CT molecular complexity index is 184. The molecule has 1 aliphatic rings. The van der Waals surface area contributed by atoms with Crippen molar-refractivity contribution in [2.75, 3.05) is 6.54 Å². The van der Waals surface area contributed by atoms with Gasteiger partial charge in [0, 0.05) is 6.54 Å². The van der Waals surface area contributed by atoms with Gasteiger partial charge >= 0.3 is 0 Å². The normalized spacial score (nSPS) is 25.7. The third-order valence-electron chi connectivity index (χ3n) is 3.70. The highest BCUT2D eigenvalue weighted by Crippen LogP contribution is 2.67. The van der Waals surface area contributed by atoms with Crippen molar-refractivity contribution < 1.29 is 0 Å². The SMILES string of the molecule is CC1(C)C(CNC#N)C1(C)C. The van der Waals surface area contributed by atoms with Crippen LogP contribution in [-0.2, 0) is 0 Å². The quantitative estimate of drug-likeness (QED) is 0.483. The third-order valence-corrected chi connectivity index (χ3v) is 3.70. The van der Waals surface area contributed by atoms with Crippen LogP contribution in [0.4, 0.5) is 0 Å². The van der Waals surface area contributed by atoms with Gasteiger partial charge in [-0.05, 0) is 16.7 Å². The summed E-state index contributed by atoms with van der Waals surface area (Å²) in [7, 11) is 0. The van der Waals surface area contributed by atoms with Gasteiger partial charge in [0.1, 0.15) is 0 Å². The average Bonchev–Trinajstić information content (AvgIpc) is 2.23. The van der Waals surface area contributed by atoms with Gasteiger partial charge in [0.25, 0.3) is 0 Å². The van der Waals surface area contributed by atoms with Crippen molar-refractivity contribution in [3.8, 4) is 6.19 Å². The standard InChI is InChI=1S/C9H16N2/c1-8(2)7(5-11-6-10)9(8,3)4/h7,11H,5H2,1-4H3. The first kappa shape index (κ1) is 8.39. The molecule has 0 unspecified atom stereocenters. The molecule has 0 saturated heterocycles. The molecule has 0 atom stereocenters. The molecule has 0 amide bonds. The van der Waals surface area contributed by atoms with Gasteiger partial charge in [0.15, 0.2) is 6.19 Å². The van der Waals surface area contributed by atoms with Gasteiger partial charge < -0.3 is 5.32 Å². The van der Waals surface area contributed by atoms with Gasteiger partial charge in [0.2, 0.25) is 0 Å². The largest absolute Gasteiger partial charge is 0.324 e. The van der Waals surface area contributed by atoms with Crippen LogP contribution in [0.15, 0.2) is 0 Å². The monoisotopic (exact) mass is 152 g/mol. The van der Waals surface area contributed by atoms with E-state index in [4.69, 9.17) is 5.26 Å². The number of nitrogens with one attached hydrogen (secondary N) is 1. The molecule has 1 aliphatic carbocycles. The van der Waals surface area contributed by atoms with Crippen LogP contribution in [0.25, 0.3) is 0 Å². The van der Waals surface area contributed by atoms with Crippen molar-refractivity contribution in [2.24, 2.45) is 16.7 Å². The summed E-state index contributed by atoms with van der Waals surface area (Å²) in [6.45, 7) is 9.87. The predicted octanol–water partition coefficient (Wildman–Crippen LogP) is 1.74. The second kappa shape index (κ2) is 2.14. The Hall–Kier alpha value is -0.710. The molecule has 0 aromatic heterocycles. The molecular formula is C9H16N2. The zero-order chi connectivity index (χ0) is 8.70. The van der Waals surface area contributed by atoms with Gasteiger partial charge in [-0.25, -0.2) is 0 Å². The minimum atomic E-state index is 0.400. The van der Waals surface area contributed by atoms with Crippen LogP contribution >= 0.6 is 0 Å². The topological polar surface area (TPSA) is 35.8 Å². The minimum absolute atomic E-state index is 0.400. The molecule has 2 heteroatoms. The Kier molecular flexibility index (Phi) is 1.63. The van der Waals surface area contributed by atoms with Crippen LogP contribution in [0.1, 0.15) is 27.7 Å². The second-order valence-electron chi connectivity index (χ2n) is 4.49. The van der Waals surface area contributed by atoms with Crippen molar-refractivity contribution in [2.45, 2.75) is 27.7 Å². The highest BCUT2D eigenvalue weighted by Gasteiger charge is 2.64. The van der Waals surface area contributed by atoms with Gasteiger partial charge in [-0.15, -0.1) is 0 Å². The third kappa shape index (κ3) is 0.994. The maximum atomic E-state index is 8.32. The maximum absolute atomic E-state index is 8.32. The molecule has 0 aromatic carbocycles. The molecule has 0 aliphatic heterocycles. The molecular weight excluding hydrogens is 136 g/mol. The Labute approximate surface area is 68.6 Å². The van der Waals surface area contributed by atoms with Crippen molar-refractivity contribution in [3.63, 3.8) is 0 Å². The van der Waals surface area contributed by atoms with Crippen LogP contribution in [0.3, 0.4) is 0 Å². The first-order valence-electron chi connectivity index (χ1n) is 4.06. The van der Waals surface area contributed by atoms with Crippen molar-refractivity contribution in [1.29, 1.82) is 5.26 Å². The molecule has 0 radical (unpaired) electrons. The van der Waals surface area contributed by atoms with Gasteiger partial charge in [-0.3, -0.25) is 0 Å². The number of nitrogens with zero attached hydrogens (tertiary/aromatic N) is 1. The summed E-state index contributed by atoms with van der Waals surface area (Å²) in [4.78, 5) is 0. The molecule has 1 saturated carbocycles. The number of rotatable bonds is 2. The highest BCUT2D eigenvalue weighted by atomic mass is 14.9. The van der Waals surface area contributed by atoms with E-state index in [1.807, 2.05) is 6.19 Å². The Morgan fingerprint density at radius 3 is 2.00 bits per heavy atom. The van der Waals surface area contributed by atoms with Crippen LogP contribution in [0, 0.1) is 28.2 Å². The van der Waals surface area contributed by atoms with E-state index in [1.165, 1.54) is 0 Å². The summed E-state index contributed by atoms with van der Waals surface area (Å²) in [6, 6.07) is 0. The van der Waals surface area contributed by atoms with Crippen molar-refractivity contribution >= 4 is 0 Å². The average molecular weight is 152 g/mol. The van der Waals surface area contributed by atoms with Gasteiger partial charge in [0.05, 0.1) is 0 Å². The Balaban J connectivity index is 2.48. The lowest BCUT2D eigenvalue weighted by Gasteiger charge is -2.04. The lowest BCUT2D eigenvalue weighted by atomic mass is 10.0. The first-order chi connectivity index (χ1) is 4.94. The van der Waals surface area contributed by atoms with E-state index in [2.05, 4.69) is 33.0 Å². The fourth-order valence-electron chi connectivity index (χ4n) is 1.99. The molecule has 0 heterocycles. The zero-order valence-electron chi connectivity index (χ0n) is 7.73. The van der Waals surface area contributed by atoms with Gasteiger partial charge in [-0.1, -0.05) is 27.7 Å². The minimum Gasteiger partial charge on any atom is -0.324 e. The van der Waals surface area contributed by atoms with Gasteiger partial charge in [-0.2, -0.15) is 5.26 Å². The van der Waals surface area contributed by atoms with Crippen LogP contribution in [-0.4, -0.2) is 6.54 Å². The zero-order valence-corrected chi connectivity index (χ0v) is 7.73. The number of nitriles is 1. The second-order valence-corrected chi connectivity index (χ2v) is 4.49. The molecule has 0 aromatic rings. The summed E-state index contributed by atoms with van der Waals surface area (Å²) >= 11 is 0. The van der Waals surface area contributed by atoms with E-state index in [9.17, 15) is 0 Å². The molecule has 11 heavy (non-hydrogen) atoms. The maximum Gasteiger partial charge on any atom is 0.176 e. The molecule has 0 bridgehead atoms. The van der Waals surface area contributed by atoms with E-state index in [0.29, 0.717) is 16.7 Å². The van der Waals surface area contributed by atoms with E-state index < -0.39 is 0 Å². The lowest BCUT2D eigenvalue weighted by molar-refractivity contribution is 0.457. The molecule has 1 fully saturated rings. The summed E-state index contributed by atoms with van der Waals surface area (Å²) in [5.74, 6) is 0.648. The van der Waals surface area contributed by atoms with Crippen molar-refractivity contribution in [3.05, 3.63) is 0 Å². The smallest absolute Gasteiger partial charge is 0.176 e. The van der Waals surface area contributed by atoms with Crippen molar-refractivity contribution in [1.82, 2.24) is 5.32 Å². The number of hydrogen-bond donors (Lipinski definition) is 1. The summed E-state index contributed by atoms with van der Waals surface area (Å²) < 4.78 is 0. The lowest BCUT2D eigenvalue weighted by Crippen LogP contribution is -2.12. The molecule has 2 nitrogen and oxygen atoms in total. The fraction of sp³-hybridized carbons (Fsp3) is 0.889. The van der Waals surface area contributed by atoms with Crippen LogP contribution in [0.2, 0.25) is 0 Å². The molecule has 1 rings (SSSR count). The summed E-state index contributed by atoms with van der Waals surface area (Å²) in [5, 5.41) is 11.0. The van der Waals surface area contributed by atoms with Crippen LogP contribution in [0.5, 0.6) is 0 Å². The van der Waals surface area contributed by atoms with E-state index in [-0.39, 0.29) is 0 Å². The van der Waals surface area contributed by atoms with E-state index >= 15 is 0 Å². The summed E-state index contributed by atoms with van der Waals surface area (Å²) in [6.07, 6.45) is 1.96. The molecule has 62 valence electrons. The predicted molar refractivity (Wildman–Crippen MR) is 44.7 cm³/mol. The van der Waals surface area contributed by atoms with E-state index in [1.54, 1.807) is 0 Å². The van der Waals surface area contributed by atoms with Crippen LogP contribution < -0.4 is 5.32 Å². The highest BCUT2D eigenvalue weighted by molar-refractivity contribution is 5.13. The molecule has 1 N–H and O–H groups in total. The van der Waals surface area contributed by atoms with E-state index in [0.717, 1.165) is 6.54 Å². The fourth-order valence-corrected chi connectivity index (χ4v) is 1.99. The number of hydrogen-bond acceptors (Lipinski definition) is 2. The first-order valence-corrected chi connectivity index (χ1v) is 4.06. The molecule has 0 spiro atoms. The Morgan fingerprint density at radius 1 is 1.27 bits per heavy atom. The Morgan fingerprint density at radius 2 is 1.73 bits per heavy atom.